The molecule has 2 aliphatic carbocycles. The lowest BCUT2D eigenvalue weighted by molar-refractivity contribution is 0.345. The minimum atomic E-state index is 0.180. The summed E-state index contributed by atoms with van der Waals surface area (Å²) in [5.74, 6) is 0. The number of allylic oxidation sites excluding steroid dienone is 8. The summed E-state index contributed by atoms with van der Waals surface area (Å²) in [7, 11) is 0.836. The molecule has 0 aromatic rings. The maximum Gasteiger partial charge on any atom is 0.0299 e. The van der Waals surface area contributed by atoms with E-state index in [0.29, 0.717) is 0 Å². The highest BCUT2D eigenvalue weighted by atomic mass is 31.1. The Balaban J connectivity index is 2.43. The summed E-state index contributed by atoms with van der Waals surface area (Å²) in [6.45, 7) is 14.2. The molecule has 0 heterocycles. The average molecular weight is 274 g/mol. The largest absolute Gasteiger partial charge is 0.0919 e. The van der Waals surface area contributed by atoms with E-state index in [2.05, 4.69) is 90.2 Å². The molecule has 0 spiro atoms. The van der Waals surface area contributed by atoms with Gasteiger partial charge in [0.05, 0.1) is 0 Å². The lowest BCUT2D eigenvalue weighted by atomic mass is 9.79. The maximum atomic E-state index is 2.42. The van der Waals surface area contributed by atoms with Gasteiger partial charge in [-0.2, -0.15) is 0 Å². The quantitative estimate of drug-likeness (QED) is 0.584. The zero-order chi connectivity index (χ0) is 14.4. The van der Waals surface area contributed by atoms with Gasteiger partial charge in [0.2, 0.25) is 0 Å². The molecule has 0 radical (unpaired) electrons. The highest BCUT2D eigenvalue weighted by Gasteiger charge is 2.48. The molecule has 19 heavy (non-hydrogen) atoms. The smallest absolute Gasteiger partial charge is 0.0299 e. The van der Waals surface area contributed by atoms with Crippen molar-refractivity contribution in [3.63, 3.8) is 0 Å². The fourth-order valence-electron chi connectivity index (χ4n) is 2.82. The van der Waals surface area contributed by atoms with Crippen LogP contribution in [0.1, 0.15) is 41.5 Å². The van der Waals surface area contributed by atoms with Crippen molar-refractivity contribution < 1.29 is 0 Å². The molecule has 0 fully saturated rings. The third kappa shape index (κ3) is 2.40. The normalized spacial score (nSPS) is 23.5. The van der Waals surface area contributed by atoms with E-state index >= 15 is 0 Å². The van der Waals surface area contributed by atoms with Crippen LogP contribution in [0.5, 0.6) is 0 Å². The van der Waals surface area contributed by atoms with E-state index in [1.54, 1.807) is 0 Å². The lowest BCUT2D eigenvalue weighted by Gasteiger charge is -2.49. The van der Waals surface area contributed by atoms with Gasteiger partial charge in [-0.1, -0.05) is 98.7 Å². The summed E-state index contributed by atoms with van der Waals surface area (Å²) in [5.41, 5.74) is 0.495. The van der Waals surface area contributed by atoms with E-state index in [1.807, 2.05) is 0 Å². The van der Waals surface area contributed by atoms with Crippen molar-refractivity contribution >= 4 is 8.58 Å². The second kappa shape index (κ2) is 4.45. The molecule has 2 aliphatic rings. The standard InChI is InChI=1S/C18H27P/c1-15(2,3)17(11-7-8-12-17)19-18(16(4,5)6)13-9-10-14-18/h7-14,19H,1-6H3. The third-order valence-corrected chi connectivity index (χ3v) is 7.55. The van der Waals surface area contributed by atoms with E-state index in [1.165, 1.54) is 0 Å². The van der Waals surface area contributed by atoms with Crippen molar-refractivity contribution in [2.24, 2.45) is 10.8 Å². The Morgan fingerprint density at radius 1 is 0.579 bits per heavy atom. The summed E-state index contributed by atoms with van der Waals surface area (Å²) in [5, 5.41) is 0.360. The first-order valence-corrected chi connectivity index (χ1v) is 8.15. The topological polar surface area (TPSA) is 0 Å². The molecule has 0 amide bonds. The van der Waals surface area contributed by atoms with E-state index in [-0.39, 0.29) is 21.1 Å². The minimum absolute atomic E-state index is 0.180. The van der Waals surface area contributed by atoms with Crippen molar-refractivity contribution in [1.82, 2.24) is 0 Å². The molecule has 0 N–H and O–H groups in total. The van der Waals surface area contributed by atoms with Crippen molar-refractivity contribution in [3.8, 4) is 0 Å². The van der Waals surface area contributed by atoms with E-state index in [4.69, 9.17) is 0 Å². The first-order valence-electron chi connectivity index (χ1n) is 7.15. The van der Waals surface area contributed by atoms with Crippen molar-refractivity contribution in [3.05, 3.63) is 48.6 Å². The van der Waals surface area contributed by atoms with Crippen LogP contribution < -0.4 is 0 Å². The fraction of sp³-hybridized carbons (Fsp3) is 0.556. The highest BCUT2D eigenvalue weighted by Crippen LogP contribution is 2.62. The predicted molar refractivity (Wildman–Crippen MR) is 89.2 cm³/mol. The SMILES string of the molecule is CC(C)(C)C1(PC2(C(C)(C)C)C=CC=C2)C=CC=C1. The van der Waals surface area contributed by atoms with Crippen molar-refractivity contribution in [2.75, 3.05) is 0 Å². The molecule has 0 saturated heterocycles. The van der Waals surface area contributed by atoms with E-state index < -0.39 is 0 Å². The molecule has 0 nitrogen and oxygen atoms in total. The van der Waals surface area contributed by atoms with Crippen LogP contribution in [0.2, 0.25) is 0 Å². The molecule has 0 aliphatic heterocycles. The predicted octanol–water partition coefficient (Wildman–Crippen LogP) is 5.49. The molecule has 104 valence electrons. The Labute approximate surface area is 120 Å². The highest BCUT2D eigenvalue weighted by molar-refractivity contribution is 7.43. The van der Waals surface area contributed by atoms with Gasteiger partial charge in [0.1, 0.15) is 0 Å². The molecule has 0 aromatic carbocycles. The van der Waals surface area contributed by atoms with Gasteiger partial charge in [0.25, 0.3) is 0 Å². The first kappa shape index (κ1) is 14.8. The van der Waals surface area contributed by atoms with Crippen LogP contribution >= 0.6 is 8.58 Å². The van der Waals surface area contributed by atoms with Gasteiger partial charge in [0.15, 0.2) is 0 Å². The third-order valence-electron chi connectivity index (χ3n) is 4.55. The molecule has 0 aromatic heterocycles. The van der Waals surface area contributed by atoms with Gasteiger partial charge in [-0.15, -0.1) is 0 Å². The Morgan fingerprint density at radius 3 is 1.05 bits per heavy atom. The minimum Gasteiger partial charge on any atom is -0.0919 e. The van der Waals surface area contributed by atoms with Crippen molar-refractivity contribution in [2.45, 2.75) is 51.9 Å². The Kier molecular flexibility index (Phi) is 3.47. The molecule has 1 heteroatoms. The summed E-state index contributed by atoms with van der Waals surface area (Å²) in [6, 6.07) is 0. The van der Waals surface area contributed by atoms with Crippen LogP contribution in [0.4, 0.5) is 0 Å². The number of rotatable bonds is 2. The molecule has 0 bridgehead atoms. The molecular weight excluding hydrogens is 247 g/mol. The summed E-state index contributed by atoms with van der Waals surface area (Å²) < 4.78 is 0. The molecule has 2 rings (SSSR count). The van der Waals surface area contributed by atoms with Gasteiger partial charge in [-0.25, -0.2) is 0 Å². The van der Waals surface area contributed by atoms with Gasteiger partial charge in [0, 0.05) is 10.3 Å². The zero-order valence-electron chi connectivity index (χ0n) is 13.1. The summed E-state index contributed by atoms with van der Waals surface area (Å²) in [6.07, 6.45) is 18.5. The van der Waals surface area contributed by atoms with Crippen LogP contribution in [-0.4, -0.2) is 10.3 Å². The van der Waals surface area contributed by atoms with Gasteiger partial charge >= 0.3 is 0 Å². The maximum absolute atomic E-state index is 2.42. The van der Waals surface area contributed by atoms with Crippen LogP contribution in [0.3, 0.4) is 0 Å². The van der Waals surface area contributed by atoms with Crippen LogP contribution in [0, 0.1) is 10.8 Å². The molecule has 0 atom stereocenters. The Hall–Kier alpha value is -0.610. The summed E-state index contributed by atoms with van der Waals surface area (Å²) in [4.78, 5) is 0. The van der Waals surface area contributed by atoms with Gasteiger partial charge in [-0.3, -0.25) is 0 Å². The Morgan fingerprint density at radius 2 is 0.842 bits per heavy atom. The van der Waals surface area contributed by atoms with Crippen LogP contribution in [0.15, 0.2) is 48.6 Å². The monoisotopic (exact) mass is 274 g/mol. The van der Waals surface area contributed by atoms with Crippen molar-refractivity contribution in [1.29, 1.82) is 0 Å². The van der Waals surface area contributed by atoms with E-state index in [9.17, 15) is 0 Å². The average Bonchev–Trinajstić information content (AvgIpc) is 2.86. The Bertz CT molecular complexity index is 393. The van der Waals surface area contributed by atoms with Crippen LogP contribution in [0.25, 0.3) is 0 Å². The summed E-state index contributed by atoms with van der Waals surface area (Å²) >= 11 is 0. The van der Waals surface area contributed by atoms with Gasteiger partial charge in [-0.05, 0) is 10.8 Å². The fourth-order valence-corrected chi connectivity index (χ4v) is 4.98. The number of hydrogen-bond donors (Lipinski definition) is 0. The van der Waals surface area contributed by atoms with E-state index in [0.717, 1.165) is 8.58 Å². The second-order valence-corrected chi connectivity index (χ2v) is 9.70. The second-order valence-electron chi connectivity index (χ2n) is 7.80. The van der Waals surface area contributed by atoms with Gasteiger partial charge < -0.3 is 0 Å². The molecule has 0 unspecified atom stereocenters. The zero-order valence-corrected chi connectivity index (χ0v) is 14.1. The first-order chi connectivity index (χ1) is 8.62. The molecule has 0 saturated carbocycles. The number of hydrogen-bond acceptors (Lipinski definition) is 0. The molecular formula is C18H27P. The lowest BCUT2D eigenvalue weighted by Crippen LogP contribution is -2.42. The van der Waals surface area contributed by atoms with Crippen LogP contribution in [-0.2, 0) is 0 Å².